The Kier molecular flexibility index (Phi) is 10.5. The number of hydrogen-bond donors (Lipinski definition) is 3. The quantitative estimate of drug-likeness (QED) is 0.113. The zero-order chi connectivity index (χ0) is 33.5. The summed E-state index contributed by atoms with van der Waals surface area (Å²) in [6, 6.07) is 14.8. The second kappa shape index (κ2) is 14.9. The predicted molar refractivity (Wildman–Crippen MR) is 185 cm³/mol. The van der Waals surface area contributed by atoms with Crippen LogP contribution < -0.4 is 44.8 Å². The normalized spacial score (nSPS) is 10.7. The van der Waals surface area contributed by atoms with Crippen LogP contribution in [0.2, 0.25) is 0 Å². The van der Waals surface area contributed by atoms with E-state index in [0.717, 1.165) is 26.7 Å². The number of ether oxygens (including phenoxy) is 6. The lowest BCUT2D eigenvalue weighted by Gasteiger charge is -2.14. The van der Waals surface area contributed by atoms with Crippen LogP contribution in [0.4, 0.5) is 22.3 Å². The minimum atomic E-state index is -0.126. The van der Waals surface area contributed by atoms with Gasteiger partial charge in [-0.1, -0.05) is 23.5 Å². The van der Waals surface area contributed by atoms with Crippen molar-refractivity contribution in [1.29, 1.82) is 0 Å². The van der Waals surface area contributed by atoms with Crippen molar-refractivity contribution in [2.45, 2.75) is 12.8 Å². The zero-order valence-electron chi connectivity index (χ0n) is 26.8. The van der Waals surface area contributed by atoms with Crippen molar-refractivity contribution in [3.05, 3.63) is 59.5 Å². The minimum Gasteiger partial charge on any atom is -0.493 e. The minimum absolute atomic E-state index is 0.126. The van der Waals surface area contributed by atoms with E-state index in [0.29, 0.717) is 63.2 Å². The van der Waals surface area contributed by atoms with Gasteiger partial charge in [-0.2, -0.15) is 0 Å². The number of carbonyl (C=O) groups excluding carboxylic acids is 1. The number of thiazole rings is 2. The highest BCUT2D eigenvalue weighted by molar-refractivity contribution is 7.23. The summed E-state index contributed by atoms with van der Waals surface area (Å²) in [4.78, 5) is 22.9. The van der Waals surface area contributed by atoms with Crippen molar-refractivity contribution in [2.24, 2.45) is 0 Å². The number of carbonyl (C=O) groups is 1. The Morgan fingerprint density at radius 1 is 0.787 bits per heavy atom. The van der Waals surface area contributed by atoms with Crippen molar-refractivity contribution in [3.8, 4) is 55.6 Å². The van der Waals surface area contributed by atoms with Gasteiger partial charge in [-0.3, -0.25) is 4.79 Å². The van der Waals surface area contributed by atoms with Crippen LogP contribution in [-0.4, -0.2) is 58.5 Å². The van der Waals surface area contributed by atoms with Crippen molar-refractivity contribution < 1.29 is 33.2 Å². The standard InChI is InChI=1S/C33H35N5O7S2/c1-40-23-12-18(13-24(41-2)28(23)44-5)10-11-27(39)35-20-9-7-8-19(14-20)22-17-46-32(37-22)30-31(34)38-33(47-30)36-21-15-25(42-3)29(45-6)26(16-21)43-4/h7-9,12-17H,10-11,34H2,1-6H3,(H,35,39)(H,36,38). The number of aromatic nitrogens is 2. The lowest BCUT2D eigenvalue weighted by atomic mass is 10.1. The molecule has 2 aromatic heterocycles. The number of nitrogen functional groups attached to an aromatic ring is 1. The number of nitrogens with zero attached hydrogens (tertiary/aromatic N) is 2. The number of amides is 1. The number of benzene rings is 3. The second-order valence-electron chi connectivity index (χ2n) is 9.97. The lowest BCUT2D eigenvalue weighted by molar-refractivity contribution is -0.116. The van der Waals surface area contributed by atoms with Gasteiger partial charge in [0.2, 0.25) is 17.4 Å². The van der Waals surface area contributed by atoms with Crippen molar-refractivity contribution in [2.75, 3.05) is 59.0 Å². The average Bonchev–Trinajstić information content (AvgIpc) is 3.72. The molecule has 0 radical (unpaired) electrons. The summed E-state index contributed by atoms with van der Waals surface area (Å²) in [6.45, 7) is 0. The number of anilines is 4. The van der Waals surface area contributed by atoms with E-state index in [1.807, 2.05) is 41.8 Å². The lowest BCUT2D eigenvalue weighted by Crippen LogP contribution is -2.12. The molecule has 5 rings (SSSR count). The van der Waals surface area contributed by atoms with Gasteiger partial charge in [0.15, 0.2) is 28.1 Å². The molecule has 0 saturated carbocycles. The molecular formula is C33H35N5O7S2. The third-order valence-electron chi connectivity index (χ3n) is 7.08. The first kappa shape index (κ1) is 33.2. The Hall–Kier alpha value is -5.21. The van der Waals surface area contributed by atoms with E-state index < -0.39 is 0 Å². The molecule has 0 spiro atoms. The van der Waals surface area contributed by atoms with E-state index in [9.17, 15) is 4.79 Å². The number of hydrogen-bond acceptors (Lipinski definition) is 13. The highest BCUT2D eigenvalue weighted by Crippen LogP contribution is 2.43. The summed E-state index contributed by atoms with van der Waals surface area (Å²) in [5.74, 6) is 3.36. The van der Waals surface area contributed by atoms with Gasteiger partial charge in [-0.05, 0) is 36.2 Å². The summed E-state index contributed by atoms with van der Waals surface area (Å²) in [5, 5.41) is 9.52. The van der Waals surface area contributed by atoms with Crippen molar-refractivity contribution >= 4 is 50.9 Å². The fraction of sp³-hybridized carbons (Fsp3) is 0.242. The van der Waals surface area contributed by atoms with E-state index >= 15 is 0 Å². The van der Waals surface area contributed by atoms with E-state index in [1.165, 1.54) is 22.7 Å². The Balaban J connectivity index is 1.26. The van der Waals surface area contributed by atoms with Crippen LogP contribution in [0, 0.1) is 0 Å². The van der Waals surface area contributed by atoms with Crippen LogP contribution in [0.3, 0.4) is 0 Å². The monoisotopic (exact) mass is 677 g/mol. The molecule has 0 fully saturated rings. The molecule has 246 valence electrons. The van der Waals surface area contributed by atoms with E-state index in [-0.39, 0.29) is 12.3 Å². The molecule has 0 atom stereocenters. The van der Waals surface area contributed by atoms with Gasteiger partial charge in [0.25, 0.3) is 0 Å². The maximum Gasteiger partial charge on any atom is 0.224 e. The maximum absolute atomic E-state index is 12.9. The summed E-state index contributed by atoms with van der Waals surface area (Å²) in [7, 11) is 9.35. The topological polar surface area (TPSA) is 148 Å². The van der Waals surface area contributed by atoms with Crippen LogP contribution >= 0.6 is 22.7 Å². The Morgan fingerprint density at radius 2 is 1.40 bits per heavy atom. The first-order valence-electron chi connectivity index (χ1n) is 14.3. The molecule has 0 aliphatic rings. The van der Waals surface area contributed by atoms with Gasteiger partial charge in [0.05, 0.1) is 48.4 Å². The smallest absolute Gasteiger partial charge is 0.224 e. The molecule has 14 heteroatoms. The molecule has 5 aromatic rings. The summed E-state index contributed by atoms with van der Waals surface area (Å²) in [5.41, 5.74) is 10.2. The molecule has 47 heavy (non-hydrogen) atoms. The third-order valence-corrected chi connectivity index (χ3v) is 9.06. The van der Waals surface area contributed by atoms with E-state index in [4.69, 9.17) is 39.1 Å². The molecule has 2 heterocycles. The largest absolute Gasteiger partial charge is 0.493 e. The number of nitrogens with one attached hydrogen (secondary N) is 2. The molecule has 3 aromatic carbocycles. The zero-order valence-corrected chi connectivity index (χ0v) is 28.4. The molecule has 1 amide bonds. The van der Waals surface area contributed by atoms with Crippen LogP contribution in [0.5, 0.6) is 34.5 Å². The first-order valence-corrected chi connectivity index (χ1v) is 16.0. The average molecular weight is 678 g/mol. The highest BCUT2D eigenvalue weighted by atomic mass is 32.1. The molecular weight excluding hydrogens is 643 g/mol. The molecule has 4 N–H and O–H groups in total. The van der Waals surface area contributed by atoms with Crippen LogP contribution in [-0.2, 0) is 11.2 Å². The molecule has 0 bridgehead atoms. The van der Waals surface area contributed by atoms with Gasteiger partial charge in [0.1, 0.15) is 15.7 Å². The van der Waals surface area contributed by atoms with Gasteiger partial charge < -0.3 is 44.8 Å². The van der Waals surface area contributed by atoms with Gasteiger partial charge in [-0.15, -0.1) is 11.3 Å². The van der Waals surface area contributed by atoms with Crippen LogP contribution in [0.15, 0.2) is 53.9 Å². The Morgan fingerprint density at radius 3 is 2.00 bits per heavy atom. The number of rotatable bonds is 14. The van der Waals surface area contributed by atoms with Gasteiger partial charge in [0, 0.05) is 40.9 Å². The fourth-order valence-electron chi connectivity index (χ4n) is 4.84. The molecule has 0 aliphatic heterocycles. The SMILES string of the molecule is COc1cc(CCC(=O)Nc2cccc(-c3csc(-c4sc(Nc5cc(OC)c(OC)c(OC)c5)nc4N)n3)c2)cc(OC)c1OC. The van der Waals surface area contributed by atoms with Gasteiger partial charge in [-0.25, -0.2) is 9.97 Å². The third kappa shape index (κ3) is 7.45. The van der Waals surface area contributed by atoms with Crippen molar-refractivity contribution in [1.82, 2.24) is 9.97 Å². The van der Waals surface area contributed by atoms with Crippen molar-refractivity contribution in [3.63, 3.8) is 0 Å². The second-order valence-corrected chi connectivity index (χ2v) is 11.8. The molecule has 0 unspecified atom stereocenters. The molecule has 0 saturated heterocycles. The number of aryl methyl sites for hydroxylation is 1. The highest BCUT2D eigenvalue weighted by Gasteiger charge is 2.18. The summed E-state index contributed by atoms with van der Waals surface area (Å²) >= 11 is 2.84. The number of methoxy groups -OCH3 is 6. The van der Waals surface area contributed by atoms with Gasteiger partial charge >= 0.3 is 0 Å². The predicted octanol–water partition coefficient (Wildman–Crippen LogP) is 6.88. The van der Waals surface area contributed by atoms with Crippen LogP contribution in [0.25, 0.3) is 21.1 Å². The molecule has 12 nitrogen and oxygen atoms in total. The molecule has 0 aliphatic carbocycles. The summed E-state index contributed by atoms with van der Waals surface area (Å²) in [6.07, 6.45) is 0.755. The maximum atomic E-state index is 12.9. The number of nitrogens with two attached hydrogens (primary N) is 1. The summed E-state index contributed by atoms with van der Waals surface area (Å²) < 4.78 is 32.5. The fourth-order valence-corrected chi connectivity index (χ4v) is 6.68. The Labute approximate surface area is 280 Å². The van der Waals surface area contributed by atoms with E-state index in [1.54, 1.807) is 54.8 Å². The van der Waals surface area contributed by atoms with Crippen LogP contribution in [0.1, 0.15) is 12.0 Å². The van der Waals surface area contributed by atoms with E-state index in [2.05, 4.69) is 15.6 Å². The first-order chi connectivity index (χ1) is 22.8. The Bertz CT molecular complexity index is 1820.